The number of amides is 2. The molecule has 0 saturated heterocycles. The van der Waals surface area contributed by atoms with Gasteiger partial charge in [-0.3, -0.25) is 9.59 Å². The third kappa shape index (κ3) is 4.90. The Bertz CT molecular complexity index is 1020. The molecular formula is C22H19FN2O4. The van der Waals surface area contributed by atoms with Crippen LogP contribution >= 0.6 is 0 Å². The van der Waals surface area contributed by atoms with Crippen molar-refractivity contribution in [1.82, 2.24) is 0 Å². The Morgan fingerprint density at radius 1 is 0.690 bits per heavy atom. The molecule has 0 unspecified atom stereocenters. The zero-order valence-electron chi connectivity index (χ0n) is 15.9. The fourth-order valence-corrected chi connectivity index (χ4v) is 2.62. The topological polar surface area (TPSA) is 76.7 Å². The molecule has 3 rings (SSSR count). The molecule has 7 heteroatoms. The second kappa shape index (κ2) is 8.88. The number of hydrogen-bond donors (Lipinski definition) is 2. The molecule has 2 amide bonds. The van der Waals surface area contributed by atoms with E-state index in [0.717, 1.165) is 0 Å². The SMILES string of the molecule is COc1ccc(C(=O)Nc2ccc(NC(=O)c3ccc(F)cc3)cc2)cc1OC. The predicted octanol–water partition coefficient (Wildman–Crippen LogP) is 4.35. The smallest absolute Gasteiger partial charge is 0.255 e. The molecule has 0 heterocycles. The van der Waals surface area contributed by atoms with Gasteiger partial charge in [-0.2, -0.15) is 0 Å². The van der Waals surface area contributed by atoms with Crippen LogP contribution in [0.25, 0.3) is 0 Å². The van der Waals surface area contributed by atoms with Crippen LogP contribution in [0.4, 0.5) is 15.8 Å². The van der Waals surface area contributed by atoms with Crippen LogP contribution in [0, 0.1) is 5.82 Å². The van der Waals surface area contributed by atoms with E-state index in [1.54, 1.807) is 42.5 Å². The van der Waals surface area contributed by atoms with E-state index in [0.29, 0.717) is 34.0 Å². The molecule has 0 radical (unpaired) electrons. The van der Waals surface area contributed by atoms with E-state index >= 15 is 0 Å². The van der Waals surface area contributed by atoms with Crippen LogP contribution in [0.1, 0.15) is 20.7 Å². The van der Waals surface area contributed by atoms with E-state index in [1.165, 1.54) is 38.5 Å². The average Bonchev–Trinajstić information content (AvgIpc) is 2.75. The highest BCUT2D eigenvalue weighted by Crippen LogP contribution is 2.28. The first-order valence-corrected chi connectivity index (χ1v) is 8.70. The highest BCUT2D eigenvalue weighted by atomic mass is 19.1. The maximum Gasteiger partial charge on any atom is 0.255 e. The lowest BCUT2D eigenvalue weighted by Gasteiger charge is -2.11. The highest BCUT2D eigenvalue weighted by Gasteiger charge is 2.11. The van der Waals surface area contributed by atoms with Crippen molar-refractivity contribution in [1.29, 1.82) is 0 Å². The third-order valence-electron chi connectivity index (χ3n) is 4.15. The van der Waals surface area contributed by atoms with Gasteiger partial charge in [-0.15, -0.1) is 0 Å². The summed E-state index contributed by atoms with van der Waals surface area (Å²) < 4.78 is 23.3. The summed E-state index contributed by atoms with van der Waals surface area (Å²) in [6.07, 6.45) is 0. The van der Waals surface area contributed by atoms with Gasteiger partial charge in [0, 0.05) is 22.5 Å². The Balaban J connectivity index is 1.65. The van der Waals surface area contributed by atoms with E-state index in [1.807, 2.05) is 0 Å². The number of ether oxygens (including phenoxy) is 2. The first-order valence-electron chi connectivity index (χ1n) is 8.70. The van der Waals surface area contributed by atoms with Crippen molar-refractivity contribution in [2.45, 2.75) is 0 Å². The summed E-state index contributed by atoms with van der Waals surface area (Å²) >= 11 is 0. The van der Waals surface area contributed by atoms with Crippen molar-refractivity contribution in [3.63, 3.8) is 0 Å². The van der Waals surface area contributed by atoms with Crippen LogP contribution in [0.5, 0.6) is 11.5 Å². The van der Waals surface area contributed by atoms with Gasteiger partial charge in [0.15, 0.2) is 11.5 Å². The first kappa shape index (κ1) is 19.9. The van der Waals surface area contributed by atoms with E-state index in [4.69, 9.17) is 9.47 Å². The average molecular weight is 394 g/mol. The first-order chi connectivity index (χ1) is 14.0. The van der Waals surface area contributed by atoms with Crippen molar-refractivity contribution in [2.24, 2.45) is 0 Å². The number of methoxy groups -OCH3 is 2. The fourth-order valence-electron chi connectivity index (χ4n) is 2.62. The maximum atomic E-state index is 12.9. The number of benzene rings is 3. The summed E-state index contributed by atoms with van der Waals surface area (Å²) in [7, 11) is 3.02. The van der Waals surface area contributed by atoms with Crippen molar-refractivity contribution in [3.05, 3.63) is 83.7 Å². The van der Waals surface area contributed by atoms with Gasteiger partial charge in [0.25, 0.3) is 11.8 Å². The predicted molar refractivity (Wildman–Crippen MR) is 108 cm³/mol. The Morgan fingerprint density at radius 2 is 1.17 bits per heavy atom. The third-order valence-corrected chi connectivity index (χ3v) is 4.15. The molecule has 3 aromatic carbocycles. The monoisotopic (exact) mass is 394 g/mol. The van der Waals surface area contributed by atoms with E-state index in [2.05, 4.69) is 10.6 Å². The van der Waals surface area contributed by atoms with E-state index < -0.39 is 5.82 Å². The minimum Gasteiger partial charge on any atom is -0.493 e. The van der Waals surface area contributed by atoms with Crippen molar-refractivity contribution < 1.29 is 23.5 Å². The van der Waals surface area contributed by atoms with Gasteiger partial charge in [0.1, 0.15) is 5.82 Å². The Labute approximate surface area is 167 Å². The van der Waals surface area contributed by atoms with Crippen molar-refractivity contribution in [3.8, 4) is 11.5 Å². The molecule has 6 nitrogen and oxygen atoms in total. The summed E-state index contributed by atoms with van der Waals surface area (Å²) in [6, 6.07) is 16.8. The molecule has 29 heavy (non-hydrogen) atoms. The number of nitrogens with one attached hydrogen (secondary N) is 2. The molecule has 0 bridgehead atoms. The van der Waals surface area contributed by atoms with Gasteiger partial charge in [-0.05, 0) is 66.7 Å². The van der Waals surface area contributed by atoms with Gasteiger partial charge >= 0.3 is 0 Å². The summed E-state index contributed by atoms with van der Waals surface area (Å²) in [5, 5.41) is 5.49. The lowest BCUT2D eigenvalue weighted by molar-refractivity contribution is 0.101. The molecule has 0 saturated carbocycles. The zero-order chi connectivity index (χ0) is 20.8. The summed E-state index contributed by atoms with van der Waals surface area (Å²) in [5.41, 5.74) is 1.86. The van der Waals surface area contributed by atoms with Crippen LogP contribution in [0.3, 0.4) is 0 Å². The molecule has 0 aromatic heterocycles. The van der Waals surface area contributed by atoms with Gasteiger partial charge in [-0.25, -0.2) is 4.39 Å². The minimum absolute atomic E-state index is 0.311. The number of hydrogen-bond acceptors (Lipinski definition) is 4. The van der Waals surface area contributed by atoms with Crippen molar-refractivity contribution >= 4 is 23.2 Å². The molecule has 0 atom stereocenters. The molecule has 0 spiro atoms. The number of anilines is 2. The van der Waals surface area contributed by atoms with Gasteiger partial charge in [0.2, 0.25) is 0 Å². The number of carbonyl (C=O) groups is 2. The van der Waals surface area contributed by atoms with Gasteiger partial charge in [0.05, 0.1) is 14.2 Å². The van der Waals surface area contributed by atoms with E-state index in [9.17, 15) is 14.0 Å². The summed E-state index contributed by atoms with van der Waals surface area (Å²) in [4.78, 5) is 24.6. The fraction of sp³-hybridized carbons (Fsp3) is 0.0909. The number of halogens is 1. The minimum atomic E-state index is -0.406. The van der Waals surface area contributed by atoms with E-state index in [-0.39, 0.29) is 11.8 Å². The standard InChI is InChI=1S/C22H19FN2O4/c1-28-19-12-5-15(13-20(19)29-2)22(27)25-18-10-8-17(9-11-18)24-21(26)14-3-6-16(23)7-4-14/h3-13H,1-2H3,(H,24,26)(H,25,27). The van der Waals surface area contributed by atoms with Crippen LogP contribution in [-0.4, -0.2) is 26.0 Å². The normalized spacial score (nSPS) is 10.2. The molecule has 0 aliphatic carbocycles. The number of rotatable bonds is 6. The molecule has 148 valence electrons. The largest absolute Gasteiger partial charge is 0.493 e. The van der Waals surface area contributed by atoms with Crippen LogP contribution in [-0.2, 0) is 0 Å². The van der Waals surface area contributed by atoms with Gasteiger partial charge < -0.3 is 20.1 Å². The van der Waals surface area contributed by atoms with Crippen LogP contribution in [0.15, 0.2) is 66.7 Å². The summed E-state index contributed by atoms with van der Waals surface area (Å²) in [5.74, 6) is -0.0819. The lowest BCUT2D eigenvalue weighted by atomic mass is 10.1. The van der Waals surface area contributed by atoms with Crippen molar-refractivity contribution in [2.75, 3.05) is 24.9 Å². The molecular weight excluding hydrogens is 375 g/mol. The second-order valence-electron chi connectivity index (χ2n) is 6.06. The summed E-state index contributed by atoms with van der Waals surface area (Å²) in [6.45, 7) is 0. The Morgan fingerprint density at radius 3 is 1.69 bits per heavy atom. The maximum absolute atomic E-state index is 12.9. The van der Waals surface area contributed by atoms with Crippen LogP contribution in [0.2, 0.25) is 0 Å². The second-order valence-corrected chi connectivity index (χ2v) is 6.06. The molecule has 0 fully saturated rings. The molecule has 0 aliphatic heterocycles. The zero-order valence-corrected chi connectivity index (χ0v) is 15.9. The molecule has 2 N–H and O–H groups in total. The number of carbonyl (C=O) groups excluding carboxylic acids is 2. The Kier molecular flexibility index (Phi) is 6.09. The quantitative estimate of drug-likeness (QED) is 0.652. The highest BCUT2D eigenvalue weighted by molar-refractivity contribution is 6.06. The lowest BCUT2D eigenvalue weighted by Crippen LogP contribution is -2.13. The Hall–Kier alpha value is -3.87. The van der Waals surface area contributed by atoms with Crippen LogP contribution < -0.4 is 20.1 Å². The van der Waals surface area contributed by atoms with Gasteiger partial charge in [-0.1, -0.05) is 0 Å². The molecule has 3 aromatic rings. The molecule has 0 aliphatic rings.